The molecule has 0 saturated carbocycles. The van der Waals surface area contributed by atoms with Crippen LogP contribution < -0.4 is 10.2 Å². The standard InChI is InChI=1S/C26H20N4O/c1-30(2)19-11-7-17(8-12-19)10-14-24-21-13-9-18(16-25(21)29-28-24)15-22-20-5-3-4-6-23(20)27-26(22)31/h3-9,11-13,15-16H,1-2H3,(H,27,31)(H,28,29)/b22-15-. The Bertz CT molecular complexity index is 1400. The third-order valence-corrected chi connectivity index (χ3v) is 5.32. The highest BCUT2D eigenvalue weighted by atomic mass is 16.2. The van der Waals surface area contributed by atoms with Gasteiger partial charge >= 0.3 is 0 Å². The van der Waals surface area contributed by atoms with Crippen LogP contribution in [0, 0.1) is 11.8 Å². The predicted molar refractivity (Wildman–Crippen MR) is 126 cm³/mol. The molecule has 0 aliphatic carbocycles. The molecule has 0 fully saturated rings. The maximum atomic E-state index is 12.4. The topological polar surface area (TPSA) is 61.0 Å². The molecular weight excluding hydrogens is 384 g/mol. The normalized spacial score (nSPS) is 13.6. The third-order valence-electron chi connectivity index (χ3n) is 5.32. The van der Waals surface area contributed by atoms with Crippen molar-refractivity contribution < 1.29 is 4.79 Å². The van der Waals surface area contributed by atoms with E-state index in [1.807, 2.05) is 86.9 Å². The van der Waals surface area contributed by atoms with Crippen LogP contribution in [0.15, 0.2) is 66.7 Å². The fourth-order valence-corrected chi connectivity index (χ4v) is 3.65. The Morgan fingerprint density at radius 2 is 1.77 bits per heavy atom. The first-order valence-electron chi connectivity index (χ1n) is 9.98. The molecule has 150 valence electrons. The number of fused-ring (bicyclic) bond motifs is 2. The van der Waals surface area contributed by atoms with Crippen molar-refractivity contribution >= 4 is 39.8 Å². The lowest BCUT2D eigenvalue weighted by Gasteiger charge is -2.11. The number of hydrogen-bond acceptors (Lipinski definition) is 3. The van der Waals surface area contributed by atoms with Crippen molar-refractivity contribution in [3.05, 3.63) is 89.1 Å². The Balaban J connectivity index is 1.44. The Morgan fingerprint density at radius 3 is 2.58 bits per heavy atom. The summed E-state index contributed by atoms with van der Waals surface area (Å²) in [6.07, 6.45) is 1.90. The van der Waals surface area contributed by atoms with E-state index in [0.29, 0.717) is 11.3 Å². The molecule has 1 aliphatic rings. The lowest BCUT2D eigenvalue weighted by Crippen LogP contribution is -2.07. The van der Waals surface area contributed by atoms with Crippen molar-refractivity contribution in [1.82, 2.24) is 10.2 Å². The molecule has 3 aromatic carbocycles. The van der Waals surface area contributed by atoms with Crippen LogP contribution in [-0.2, 0) is 4.79 Å². The summed E-state index contributed by atoms with van der Waals surface area (Å²) in [5, 5.41) is 11.3. The molecule has 0 radical (unpaired) electrons. The lowest BCUT2D eigenvalue weighted by molar-refractivity contribution is -0.110. The van der Waals surface area contributed by atoms with Gasteiger partial charge in [0.15, 0.2) is 0 Å². The van der Waals surface area contributed by atoms with Gasteiger partial charge in [-0.3, -0.25) is 9.89 Å². The highest BCUT2D eigenvalue weighted by molar-refractivity contribution is 6.34. The van der Waals surface area contributed by atoms with Crippen LogP contribution in [-0.4, -0.2) is 30.2 Å². The molecule has 2 N–H and O–H groups in total. The average molecular weight is 404 g/mol. The second-order valence-electron chi connectivity index (χ2n) is 7.63. The monoisotopic (exact) mass is 404 g/mol. The van der Waals surface area contributed by atoms with Gasteiger partial charge < -0.3 is 10.2 Å². The summed E-state index contributed by atoms with van der Waals surface area (Å²) in [7, 11) is 4.03. The van der Waals surface area contributed by atoms with E-state index in [0.717, 1.165) is 39.0 Å². The van der Waals surface area contributed by atoms with Gasteiger partial charge in [-0.15, -0.1) is 0 Å². The molecule has 0 unspecified atom stereocenters. The molecule has 0 spiro atoms. The molecule has 0 saturated heterocycles. The van der Waals surface area contributed by atoms with Gasteiger partial charge in [-0.2, -0.15) is 5.10 Å². The Morgan fingerprint density at radius 1 is 0.968 bits per heavy atom. The predicted octanol–water partition coefficient (Wildman–Crippen LogP) is 4.52. The van der Waals surface area contributed by atoms with Gasteiger partial charge in [-0.05, 0) is 60.0 Å². The van der Waals surface area contributed by atoms with Crippen molar-refractivity contribution in [1.29, 1.82) is 0 Å². The number of nitrogens with zero attached hydrogens (tertiary/aromatic N) is 2. The molecule has 0 bridgehead atoms. The SMILES string of the molecule is CN(C)c1ccc(C#Cc2n[nH]c3cc(/C=C4\C(=O)Nc5ccccc54)ccc23)cc1. The van der Waals surface area contributed by atoms with Gasteiger partial charge in [-0.1, -0.05) is 30.2 Å². The second-order valence-corrected chi connectivity index (χ2v) is 7.63. The molecule has 5 rings (SSSR count). The molecule has 31 heavy (non-hydrogen) atoms. The van der Waals surface area contributed by atoms with Crippen molar-refractivity contribution in [3.8, 4) is 11.8 Å². The molecule has 4 aromatic rings. The number of carbonyl (C=O) groups excluding carboxylic acids is 1. The van der Waals surface area contributed by atoms with E-state index in [2.05, 4.69) is 32.3 Å². The van der Waals surface area contributed by atoms with Crippen LogP contribution in [0.1, 0.15) is 22.4 Å². The minimum Gasteiger partial charge on any atom is -0.378 e. The lowest BCUT2D eigenvalue weighted by atomic mass is 10.0. The van der Waals surface area contributed by atoms with Gasteiger partial charge in [0, 0.05) is 47.6 Å². The quantitative estimate of drug-likeness (QED) is 0.381. The number of amides is 1. The summed E-state index contributed by atoms with van der Waals surface area (Å²) in [6.45, 7) is 0. The van der Waals surface area contributed by atoms with Gasteiger partial charge in [0.2, 0.25) is 0 Å². The first-order valence-corrected chi connectivity index (χ1v) is 9.98. The third kappa shape index (κ3) is 3.56. The van der Waals surface area contributed by atoms with Crippen molar-refractivity contribution in [2.45, 2.75) is 0 Å². The zero-order chi connectivity index (χ0) is 21.4. The van der Waals surface area contributed by atoms with Crippen LogP contribution in [0.2, 0.25) is 0 Å². The summed E-state index contributed by atoms with van der Waals surface area (Å²) in [5.74, 6) is 6.25. The van der Waals surface area contributed by atoms with Crippen LogP contribution in [0.5, 0.6) is 0 Å². The first-order chi connectivity index (χ1) is 15.1. The first kappa shape index (κ1) is 18.7. The molecule has 1 amide bonds. The van der Waals surface area contributed by atoms with Gasteiger partial charge in [0.1, 0.15) is 5.69 Å². The highest BCUT2D eigenvalue weighted by Crippen LogP contribution is 2.33. The molecule has 1 aromatic heterocycles. The molecule has 2 heterocycles. The smallest absolute Gasteiger partial charge is 0.256 e. The van der Waals surface area contributed by atoms with E-state index < -0.39 is 0 Å². The summed E-state index contributed by atoms with van der Waals surface area (Å²) in [4.78, 5) is 14.4. The van der Waals surface area contributed by atoms with Crippen LogP contribution in [0.25, 0.3) is 22.6 Å². The Hall–Kier alpha value is -4.30. The van der Waals surface area contributed by atoms with Crippen LogP contribution in [0.4, 0.5) is 11.4 Å². The summed E-state index contributed by atoms with van der Waals surface area (Å²) >= 11 is 0. The van der Waals surface area contributed by atoms with E-state index in [4.69, 9.17) is 0 Å². The van der Waals surface area contributed by atoms with Gasteiger partial charge in [0.05, 0.1) is 5.52 Å². The van der Waals surface area contributed by atoms with Crippen LogP contribution in [0.3, 0.4) is 0 Å². The molecule has 0 atom stereocenters. The maximum absolute atomic E-state index is 12.4. The number of nitrogens with one attached hydrogen (secondary N) is 2. The molecular formula is C26H20N4O. The Kier molecular flexibility index (Phi) is 4.53. The maximum Gasteiger partial charge on any atom is 0.256 e. The van der Waals surface area contributed by atoms with Gasteiger partial charge in [0.25, 0.3) is 5.91 Å². The minimum atomic E-state index is -0.0854. The zero-order valence-electron chi connectivity index (χ0n) is 17.2. The number of hydrogen-bond donors (Lipinski definition) is 2. The van der Waals surface area contributed by atoms with Gasteiger partial charge in [-0.25, -0.2) is 0 Å². The van der Waals surface area contributed by atoms with Crippen molar-refractivity contribution in [2.24, 2.45) is 0 Å². The number of carbonyl (C=O) groups is 1. The molecule has 5 nitrogen and oxygen atoms in total. The van der Waals surface area contributed by atoms with Crippen molar-refractivity contribution in [2.75, 3.05) is 24.3 Å². The molecule has 5 heteroatoms. The summed E-state index contributed by atoms with van der Waals surface area (Å²) in [6, 6.07) is 21.8. The number of aromatic nitrogens is 2. The largest absolute Gasteiger partial charge is 0.378 e. The van der Waals surface area contributed by atoms with Crippen LogP contribution >= 0.6 is 0 Å². The number of anilines is 2. The fraction of sp³-hybridized carbons (Fsp3) is 0.0769. The zero-order valence-corrected chi connectivity index (χ0v) is 17.2. The second kappa shape index (κ2) is 7.51. The number of rotatable bonds is 2. The van der Waals surface area contributed by atoms with E-state index in [1.165, 1.54) is 0 Å². The Labute approximate surface area is 180 Å². The molecule has 1 aliphatic heterocycles. The fourth-order valence-electron chi connectivity index (χ4n) is 3.65. The summed E-state index contributed by atoms with van der Waals surface area (Å²) in [5.41, 5.74) is 7.02. The number of para-hydroxylation sites is 1. The highest BCUT2D eigenvalue weighted by Gasteiger charge is 2.23. The average Bonchev–Trinajstić information content (AvgIpc) is 3.33. The van der Waals surface area contributed by atoms with Crippen molar-refractivity contribution in [3.63, 3.8) is 0 Å². The number of benzene rings is 3. The van der Waals surface area contributed by atoms with E-state index >= 15 is 0 Å². The van der Waals surface area contributed by atoms with E-state index in [-0.39, 0.29) is 5.91 Å². The number of H-pyrrole nitrogens is 1. The minimum absolute atomic E-state index is 0.0854. The number of aromatic amines is 1. The summed E-state index contributed by atoms with van der Waals surface area (Å²) < 4.78 is 0. The van der Waals surface area contributed by atoms with E-state index in [1.54, 1.807) is 0 Å². The van der Waals surface area contributed by atoms with E-state index in [9.17, 15) is 4.79 Å².